The van der Waals surface area contributed by atoms with Crippen LogP contribution in [-0.2, 0) is 0 Å². The molecule has 3 N–H and O–H groups in total. The average Bonchev–Trinajstić information content (AvgIpc) is 3.19. The molecule has 4 fully saturated rings. The summed E-state index contributed by atoms with van der Waals surface area (Å²) in [5.74, 6) is 6.18. The summed E-state index contributed by atoms with van der Waals surface area (Å²) in [6.07, 6.45) is 16.2. The van der Waals surface area contributed by atoms with Gasteiger partial charge in [-0.05, 0) is 142 Å². The minimum Gasteiger partial charge on any atom is -0.393 e. The number of aliphatic hydroxyl groups is 1. The van der Waals surface area contributed by atoms with Gasteiger partial charge < -0.3 is 15.7 Å². The molecule has 0 saturated heterocycles. The predicted molar refractivity (Wildman–Crippen MR) is 154 cm³/mol. The zero-order valence-corrected chi connectivity index (χ0v) is 25.0. The molecule has 3 nitrogen and oxygen atoms in total. The second-order valence-electron chi connectivity index (χ2n) is 14.9. The first-order valence-electron chi connectivity index (χ1n) is 16.3. The highest BCUT2D eigenvalue weighted by Gasteiger charge is 2.62. The summed E-state index contributed by atoms with van der Waals surface area (Å²) in [6, 6.07) is 0. The van der Waals surface area contributed by atoms with Crippen molar-refractivity contribution in [2.75, 3.05) is 26.2 Å². The minimum atomic E-state index is -0.0560. The Balaban J connectivity index is 1.35. The van der Waals surface area contributed by atoms with Gasteiger partial charge in [-0.25, -0.2) is 0 Å². The van der Waals surface area contributed by atoms with Gasteiger partial charge >= 0.3 is 0 Å². The number of fused-ring (bicyclic) bond motifs is 5. The fraction of sp³-hybridized carbons (Fsp3) is 1.00. The lowest BCUT2D eigenvalue weighted by Crippen LogP contribution is -2.58. The quantitative estimate of drug-likeness (QED) is 0.246. The second-order valence-corrected chi connectivity index (χ2v) is 14.9. The van der Waals surface area contributed by atoms with Gasteiger partial charge in [0.05, 0.1) is 6.10 Å². The number of aliphatic hydroxyl groups excluding tert-OH is 1. The lowest BCUT2D eigenvalue weighted by Gasteiger charge is -2.62. The van der Waals surface area contributed by atoms with Crippen LogP contribution in [-0.4, -0.2) is 37.4 Å². The van der Waals surface area contributed by atoms with Gasteiger partial charge in [0.15, 0.2) is 0 Å². The van der Waals surface area contributed by atoms with Crippen LogP contribution in [0, 0.1) is 58.2 Å². The number of hydrogen-bond acceptors (Lipinski definition) is 3. The molecule has 4 aliphatic rings. The highest BCUT2D eigenvalue weighted by atomic mass is 16.3. The van der Waals surface area contributed by atoms with E-state index in [4.69, 9.17) is 0 Å². The van der Waals surface area contributed by atoms with E-state index in [-0.39, 0.29) is 6.10 Å². The normalized spacial score (nSPS) is 43.2. The molecule has 10 atom stereocenters. The van der Waals surface area contributed by atoms with Crippen LogP contribution in [0.5, 0.6) is 0 Å². The van der Waals surface area contributed by atoms with Crippen LogP contribution in [0.3, 0.4) is 0 Å². The summed E-state index contributed by atoms with van der Waals surface area (Å²) >= 11 is 0. The van der Waals surface area contributed by atoms with Crippen molar-refractivity contribution < 1.29 is 5.11 Å². The van der Waals surface area contributed by atoms with E-state index in [1.165, 1.54) is 77.2 Å². The Labute approximate surface area is 224 Å². The van der Waals surface area contributed by atoms with Gasteiger partial charge in [0.2, 0.25) is 0 Å². The van der Waals surface area contributed by atoms with Crippen molar-refractivity contribution in [1.29, 1.82) is 0 Å². The molecule has 0 aromatic heterocycles. The van der Waals surface area contributed by atoms with Crippen molar-refractivity contribution in [3.63, 3.8) is 0 Å². The van der Waals surface area contributed by atoms with E-state index >= 15 is 0 Å². The molecular weight excluding hydrogens is 440 g/mol. The maximum absolute atomic E-state index is 11.7. The van der Waals surface area contributed by atoms with Crippen LogP contribution >= 0.6 is 0 Å². The van der Waals surface area contributed by atoms with E-state index < -0.39 is 0 Å². The molecule has 4 aliphatic carbocycles. The van der Waals surface area contributed by atoms with Gasteiger partial charge in [-0.3, -0.25) is 0 Å². The molecule has 210 valence electrons. The van der Waals surface area contributed by atoms with Gasteiger partial charge in [0, 0.05) is 0 Å². The molecule has 5 unspecified atom stereocenters. The third kappa shape index (κ3) is 5.89. The van der Waals surface area contributed by atoms with Crippen LogP contribution < -0.4 is 10.6 Å². The first-order valence-corrected chi connectivity index (χ1v) is 16.3. The van der Waals surface area contributed by atoms with Crippen LogP contribution in [0.4, 0.5) is 0 Å². The molecule has 0 bridgehead atoms. The molecule has 0 amide bonds. The third-order valence-electron chi connectivity index (χ3n) is 12.4. The Morgan fingerprint density at radius 3 is 2.31 bits per heavy atom. The largest absolute Gasteiger partial charge is 0.393 e. The Kier molecular flexibility index (Phi) is 9.93. The van der Waals surface area contributed by atoms with E-state index in [0.717, 1.165) is 67.5 Å². The van der Waals surface area contributed by atoms with E-state index in [0.29, 0.717) is 16.7 Å². The topological polar surface area (TPSA) is 44.3 Å². The Morgan fingerprint density at radius 2 is 1.56 bits per heavy atom. The molecular formula is C33H62N2O. The number of rotatable bonds is 12. The zero-order valence-electron chi connectivity index (χ0n) is 25.0. The molecule has 3 heteroatoms. The fourth-order valence-corrected chi connectivity index (χ4v) is 10.3. The van der Waals surface area contributed by atoms with Crippen molar-refractivity contribution in [3.8, 4) is 0 Å². The fourth-order valence-electron chi connectivity index (χ4n) is 10.3. The Hall–Kier alpha value is -0.120. The number of hydrogen-bond donors (Lipinski definition) is 3. The van der Waals surface area contributed by atoms with Crippen LogP contribution in [0.1, 0.15) is 119 Å². The highest BCUT2D eigenvalue weighted by Crippen LogP contribution is 2.68. The molecule has 36 heavy (non-hydrogen) atoms. The van der Waals surface area contributed by atoms with Crippen LogP contribution in [0.2, 0.25) is 0 Å². The predicted octanol–water partition coefficient (Wildman–Crippen LogP) is 7.28. The first-order chi connectivity index (χ1) is 17.2. The maximum atomic E-state index is 11.7. The average molecular weight is 503 g/mol. The Morgan fingerprint density at radius 1 is 0.833 bits per heavy atom. The summed E-state index contributed by atoms with van der Waals surface area (Å²) in [5.41, 5.74) is 0.935. The third-order valence-corrected chi connectivity index (χ3v) is 12.4. The van der Waals surface area contributed by atoms with Crippen LogP contribution in [0.25, 0.3) is 0 Å². The van der Waals surface area contributed by atoms with Gasteiger partial charge in [-0.15, -0.1) is 0 Å². The highest BCUT2D eigenvalue weighted by molar-refractivity contribution is 5.11. The summed E-state index contributed by atoms with van der Waals surface area (Å²) in [4.78, 5) is 0. The molecule has 0 aromatic carbocycles. The molecule has 4 rings (SSSR count). The van der Waals surface area contributed by atoms with Crippen molar-refractivity contribution in [2.24, 2.45) is 58.2 Å². The number of nitrogens with one attached hydrogen (secondary N) is 2. The van der Waals surface area contributed by atoms with E-state index in [2.05, 4.69) is 52.2 Å². The standard InChI is InChI=1S/C33H62N2O/c1-7-34-18-9-19-35-22-25-14-16-32(5)26(20-25)21-30(36)31-28-13-12-27(24(4)11-8-10-23(2)3)33(28,6)17-15-29(31)32/h23-31,34-36H,7-22H2,1-6H3/t24?,25-,26?,27+,28?,29?,30+,31?,32-,33+/m0/s1. The molecule has 0 spiro atoms. The van der Waals surface area contributed by atoms with Crippen molar-refractivity contribution in [2.45, 2.75) is 125 Å². The van der Waals surface area contributed by atoms with E-state index in [1.807, 2.05) is 0 Å². The molecule has 0 radical (unpaired) electrons. The first kappa shape index (κ1) is 28.9. The lowest BCUT2D eigenvalue weighted by molar-refractivity contribution is -0.169. The van der Waals surface area contributed by atoms with E-state index in [9.17, 15) is 5.11 Å². The Bertz CT molecular complexity index is 681. The minimum absolute atomic E-state index is 0.0560. The summed E-state index contributed by atoms with van der Waals surface area (Å²) < 4.78 is 0. The van der Waals surface area contributed by atoms with Gasteiger partial charge in [-0.2, -0.15) is 0 Å². The molecule has 0 heterocycles. The molecule has 4 saturated carbocycles. The zero-order chi connectivity index (χ0) is 25.9. The van der Waals surface area contributed by atoms with Gasteiger partial charge in [0.1, 0.15) is 0 Å². The second kappa shape index (κ2) is 12.4. The van der Waals surface area contributed by atoms with Gasteiger partial charge in [0.25, 0.3) is 0 Å². The van der Waals surface area contributed by atoms with Gasteiger partial charge in [-0.1, -0.05) is 60.8 Å². The SMILES string of the molecule is CCNCCCNC[C@H]1CC[C@@]2(C)C(C1)C[C@@H](O)C1C2CC[C@@]2(C)C1CC[C@@H]2C(C)CCCC(C)C. The smallest absolute Gasteiger partial charge is 0.0577 e. The van der Waals surface area contributed by atoms with Crippen LogP contribution in [0.15, 0.2) is 0 Å². The summed E-state index contributed by atoms with van der Waals surface area (Å²) in [6.45, 7) is 19.3. The van der Waals surface area contributed by atoms with Crippen molar-refractivity contribution >= 4 is 0 Å². The molecule has 0 aliphatic heterocycles. The lowest BCUT2D eigenvalue weighted by atomic mass is 9.43. The summed E-state index contributed by atoms with van der Waals surface area (Å²) in [7, 11) is 0. The van der Waals surface area contributed by atoms with Crippen molar-refractivity contribution in [3.05, 3.63) is 0 Å². The molecule has 0 aromatic rings. The maximum Gasteiger partial charge on any atom is 0.0577 e. The van der Waals surface area contributed by atoms with E-state index in [1.54, 1.807) is 0 Å². The van der Waals surface area contributed by atoms with Crippen molar-refractivity contribution in [1.82, 2.24) is 10.6 Å². The monoisotopic (exact) mass is 502 g/mol. The summed E-state index contributed by atoms with van der Waals surface area (Å²) in [5, 5.41) is 18.9.